The summed E-state index contributed by atoms with van der Waals surface area (Å²) in [5.74, 6) is -3.02. The van der Waals surface area contributed by atoms with E-state index in [9.17, 15) is 13.6 Å². The largest absolute Gasteiger partial charge is 0.379 e. The van der Waals surface area contributed by atoms with E-state index >= 15 is 0 Å². The number of rotatable bonds is 5. The molecule has 1 amide bonds. The van der Waals surface area contributed by atoms with E-state index in [0.717, 1.165) is 32.8 Å². The van der Waals surface area contributed by atoms with Crippen LogP contribution in [0.15, 0.2) is 0 Å². The van der Waals surface area contributed by atoms with Crippen LogP contribution >= 0.6 is 0 Å². The lowest BCUT2D eigenvalue weighted by molar-refractivity contribution is -0.134. The SMILES string of the molecule is CN(CC(C)(C)CN1CCOCC1)C(=O)C1CC(F)(F)CN1. The van der Waals surface area contributed by atoms with E-state index in [2.05, 4.69) is 24.1 Å². The van der Waals surface area contributed by atoms with Crippen LogP contribution in [0, 0.1) is 5.41 Å². The van der Waals surface area contributed by atoms with Crippen molar-refractivity contribution in [1.29, 1.82) is 0 Å². The van der Waals surface area contributed by atoms with Gasteiger partial charge in [0.05, 0.1) is 25.8 Å². The van der Waals surface area contributed by atoms with Crippen molar-refractivity contribution in [2.45, 2.75) is 32.2 Å². The lowest BCUT2D eigenvalue weighted by Gasteiger charge is -2.37. The Labute approximate surface area is 131 Å². The Morgan fingerprint density at radius 2 is 2.05 bits per heavy atom. The summed E-state index contributed by atoms with van der Waals surface area (Å²) in [5, 5.41) is 2.63. The molecule has 2 saturated heterocycles. The predicted octanol–water partition coefficient (Wildman–Crippen LogP) is 0.800. The van der Waals surface area contributed by atoms with Crippen molar-refractivity contribution in [3.05, 3.63) is 0 Å². The number of hydrogen-bond donors (Lipinski definition) is 1. The van der Waals surface area contributed by atoms with Crippen LogP contribution in [-0.2, 0) is 9.53 Å². The van der Waals surface area contributed by atoms with Gasteiger partial charge >= 0.3 is 0 Å². The van der Waals surface area contributed by atoms with Crippen LogP contribution in [0.3, 0.4) is 0 Å². The number of carbonyl (C=O) groups is 1. The molecule has 22 heavy (non-hydrogen) atoms. The predicted molar refractivity (Wildman–Crippen MR) is 80.0 cm³/mol. The highest BCUT2D eigenvalue weighted by molar-refractivity contribution is 5.82. The Morgan fingerprint density at radius 3 is 2.59 bits per heavy atom. The minimum atomic E-state index is -2.77. The number of ether oxygens (including phenoxy) is 1. The van der Waals surface area contributed by atoms with Crippen molar-refractivity contribution >= 4 is 5.91 Å². The van der Waals surface area contributed by atoms with E-state index in [0.29, 0.717) is 6.54 Å². The molecule has 0 bridgehead atoms. The monoisotopic (exact) mass is 319 g/mol. The molecule has 5 nitrogen and oxygen atoms in total. The smallest absolute Gasteiger partial charge is 0.262 e. The molecule has 0 aromatic carbocycles. The minimum Gasteiger partial charge on any atom is -0.379 e. The minimum absolute atomic E-state index is 0.0944. The summed E-state index contributed by atoms with van der Waals surface area (Å²) in [7, 11) is 1.70. The first kappa shape index (κ1) is 17.6. The molecule has 2 aliphatic heterocycles. The Balaban J connectivity index is 1.84. The zero-order chi connectivity index (χ0) is 16.4. The second-order valence-electron chi connectivity index (χ2n) is 7.24. The second-order valence-corrected chi connectivity index (χ2v) is 7.24. The highest BCUT2D eigenvalue weighted by Crippen LogP contribution is 2.27. The van der Waals surface area contributed by atoms with Gasteiger partial charge in [0.1, 0.15) is 0 Å². The maximum Gasteiger partial charge on any atom is 0.262 e. The van der Waals surface area contributed by atoms with Gasteiger partial charge in [0.15, 0.2) is 0 Å². The lowest BCUT2D eigenvalue weighted by Crippen LogP contribution is -2.49. The van der Waals surface area contributed by atoms with Gasteiger partial charge in [-0.2, -0.15) is 0 Å². The topological polar surface area (TPSA) is 44.8 Å². The molecule has 1 unspecified atom stereocenters. The van der Waals surface area contributed by atoms with E-state index < -0.39 is 24.9 Å². The van der Waals surface area contributed by atoms with Crippen LogP contribution in [0.1, 0.15) is 20.3 Å². The number of likely N-dealkylation sites (N-methyl/N-ethyl adjacent to an activating group) is 1. The summed E-state index contributed by atoms with van der Waals surface area (Å²) < 4.78 is 31.8. The van der Waals surface area contributed by atoms with Crippen LogP contribution in [0.5, 0.6) is 0 Å². The third-order valence-electron chi connectivity index (χ3n) is 4.20. The molecule has 128 valence electrons. The summed E-state index contributed by atoms with van der Waals surface area (Å²) >= 11 is 0. The molecule has 0 spiro atoms. The van der Waals surface area contributed by atoms with Gasteiger partial charge in [-0.05, 0) is 5.41 Å². The fourth-order valence-electron chi connectivity index (χ4n) is 3.29. The molecular weight excluding hydrogens is 292 g/mol. The Kier molecular flexibility index (Phi) is 5.40. The van der Waals surface area contributed by atoms with Crippen molar-refractivity contribution in [1.82, 2.24) is 15.1 Å². The molecule has 7 heteroatoms. The molecule has 0 radical (unpaired) electrons. The van der Waals surface area contributed by atoms with Crippen LogP contribution in [0.25, 0.3) is 0 Å². The molecule has 0 saturated carbocycles. The van der Waals surface area contributed by atoms with Crippen molar-refractivity contribution in [3.63, 3.8) is 0 Å². The van der Waals surface area contributed by atoms with E-state index in [-0.39, 0.29) is 11.3 Å². The molecule has 2 rings (SSSR count). The number of nitrogens with one attached hydrogen (secondary N) is 1. The number of carbonyl (C=O) groups excluding carboxylic acids is 1. The third-order valence-corrected chi connectivity index (χ3v) is 4.20. The average molecular weight is 319 g/mol. The Bertz CT molecular complexity index is 398. The van der Waals surface area contributed by atoms with Gasteiger partial charge in [-0.25, -0.2) is 8.78 Å². The van der Waals surface area contributed by atoms with Crippen LogP contribution < -0.4 is 5.32 Å². The van der Waals surface area contributed by atoms with Gasteiger partial charge in [0.2, 0.25) is 5.91 Å². The van der Waals surface area contributed by atoms with Crippen molar-refractivity contribution in [2.75, 3.05) is 53.0 Å². The van der Waals surface area contributed by atoms with Crippen molar-refractivity contribution in [2.24, 2.45) is 5.41 Å². The lowest BCUT2D eigenvalue weighted by atomic mass is 9.91. The zero-order valence-corrected chi connectivity index (χ0v) is 13.7. The molecule has 2 aliphatic rings. The van der Waals surface area contributed by atoms with Gasteiger partial charge in [-0.3, -0.25) is 15.0 Å². The van der Waals surface area contributed by atoms with Gasteiger partial charge in [-0.15, -0.1) is 0 Å². The zero-order valence-electron chi connectivity index (χ0n) is 13.7. The van der Waals surface area contributed by atoms with E-state index in [1.807, 2.05) is 0 Å². The van der Waals surface area contributed by atoms with E-state index in [4.69, 9.17) is 4.74 Å². The number of morpholine rings is 1. The standard InChI is InChI=1S/C15H27F2N3O2/c1-14(2,11-20-4-6-22-7-5-20)10-19(3)13(21)12-8-15(16,17)9-18-12/h12,18H,4-11H2,1-3H3. The molecule has 0 aliphatic carbocycles. The summed E-state index contributed by atoms with van der Waals surface area (Å²) in [6.45, 7) is 8.49. The quantitative estimate of drug-likeness (QED) is 0.814. The first-order valence-electron chi connectivity index (χ1n) is 7.85. The molecule has 0 aromatic rings. The third kappa shape index (κ3) is 4.86. The van der Waals surface area contributed by atoms with E-state index in [1.165, 1.54) is 0 Å². The molecular formula is C15H27F2N3O2. The number of halogens is 2. The summed E-state index contributed by atoms with van der Waals surface area (Å²) in [5.41, 5.74) is -0.0944. The van der Waals surface area contributed by atoms with Gasteiger partial charge in [-0.1, -0.05) is 13.8 Å². The van der Waals surface area contributed by atoms with Gasteiger partial charge in [0.25, 0.3) is 5.92 Å². The van der Waals surface area contributed by atoms with Crippen LogP contribution in [0.2, 0.25) is 0 Å². The molecule has 2 fully saturated rings. The van der Waals surface area contributed by atoms with Crippen molar-refractivity contribution < 1.29 is 18.3 Å². The fraction of sp³-hybridized carbons (Fsp3) is 0.933. The first-order chi connectivity index (χ1) is 10.2. The molecule has 2 heterocycles. The van der Waals surface area contributed by atoms with E-state index in [1.54, 1.807) is 11.9 Å². The number of hydrogen-bond acceptors (Lipinski definition) is 4. The van der Waals surface area contributed by atoms with Gasteiger partial charge < -0.3 is 9.64 Å². The van der Waals surface area contributed by atoms with Gasteiger partial charge in [0, 0.05) is 39.6 Å². The fourth-order valence-corrected chi connectivity index (χ4v) is 3.29. The second kappa shape index (κ2) is 6.76. The number of nitrogens with zero attached hydrogens (tertiary/aromatic N) is 2. The summed E-state index contributed by atoms with van der Waals surface area (Å²) in [6, 6.07) is -0.765. The molecule has 1 atom stereocenters. The average Bonchev–Trinajstić information content (AvgIpc) is 2.78. The van der Waals surface area contributed by atoms with Crippen molar-refractivity contribution in [3.8, 4) is 0 Å². The van der Waals surface area contributed by atoms with Crippen LogP contribution in [-0.4, -0.2) is 80.7 Å². The highest BCUT2D eigenvalue weighted by atomic mass is 19.3. The Morgan fingerprint density at radius 1 is 1.41 bits per heavy atom. The van der Waals surface area contributed by atoms with Crippen LogP contribution in [0.4, 0.5) is 8.78 Å². The highest BCUT2D eigenvalue weighted by Gasteiger charge is 2.43. The number of amides is 1. The first-order valence-corrected chi connectivity index (χ1v) is 7.85. The normalized spacial score (nSPS) is 26.1. The molecule has 0 aromatic heterocycles. The maximum absolute atomic E-state index is 13.2. The summed E-state index contributed by atoms with van der Waals surface area (Å²) in [6.07, 6.45) is -0.403. The summed E-state index contributed by atoms with van der Waals surface area (Å²) in [4.78, 5) is 16.2. The Hall–Kier alpha value is -0.790. The maximum atomic E-state index is 13.2. The molecule has 1 N–H and O–H groups in total. The number of alkyl halides is 2.